The zero-order chi connectivity index (χ0) is 17.3. The molecule has 24 heavy (non-hydrogen) atoms. The molecule has 0 fully saturated rings. The summed E-state index contributed by atoms with van der Waals surface area (Å²) in [6.07, 6.45) is -0.971. The van der Waals surface area contributed by atoms with Crippen molar-refractivity contribution in [3.05, 3.63) is 47.8 Å². The molecule has 2 aromatic heterocycles. The summed E-state index contributed by atoms with van der Waals surface area (Å²) in [5.41, 5.74) is 0.896. The third kappa shape index (κ3) is 3.10. The van der Waals surface area contributed by atoms with Gasteiger partial charge in [-0.05, 0) is 17.7 Å². The van der Waals surface area contributed by atoms with Crippen molar-refractivity contribution in [1.29, 1.82) is 0 Å². The summed E-state index contributed by atoms with van der Waals surface area (Å²) in [7, 11) is 3.63. The van der Waals surface area contributed by atoms with Crippen LogP contribution in [0.4, 0.5) is 19.1 Å². The molecule has 0 saturated heterocycles. The van der Waals surface area contributed by atoms with Crippen LogP contribution in [0.5, 0.6) is 0 Å². The number of nitrogens with zero attached hydrogens (tertiary/aromatic N) is 5. The summed E-state index contributed by atoms with van der Waals surface area (Å²) in [5.74, 6) is 1.25. The average Bonchev–Trinajstić information content (AvgIpc) is 3.16. The van der Waals surface area contributed by atoms with Crippen LogP contribution in [0.3, 0.4) is 0 Å². The van der Waals surface area contributed by atoms with E-state index in [1.807, 2.05) is 11.9 Å². The van der Waals surface area contributed by atoms with Gasteiger partial charge in [0.15, 0.2) is 5.82 Å². The van der Waals surface area contributed by atoms with Gasteiger partial charge in [-0.2, -0.15) is 18.3 Å². The Morgan fingerprint density at radius 2 is 1.88 bits per heavy atom. The first kappa shape index (κ1) is 16.0. The Labute approximate surface area is 135 Å². The minimum absolute atomic E-state index is 0.412. The molecule has 126 valence electrons. The lowest BCUT2D eigenvalue weighted by Gasteiger charge is -2.18. The molecule has 9 heteroatoms. The van der Waals surface area contributed by atoms with Crippen molar-refractivity contribution in [2.75, 3.05) is 11.9 Å². The van der Waals surface area contributed by atoms with E-state index in [-0.39, 0.29) is 0 Å². The van der Waals surface area contributed by atoms with Crippen LogP contribution in [-0.2, 0) is 19.8 Å². The van der Waals surface area contributed by atoms with Gasteiger partial charge in [0.25, 0.3) is 0 Å². The average molecular weight is 336 g/mol. The number of hydrogen-bond donors (Lipinski definition) is 1. The van der Waals surface area contributed by atoms with Gasteiger partial charge in [-0.25, -0.2) is 0 Å². The van der Waals surface area contributed by atoms with Crippen LogP contribution >= 0.6 is 0 Å². The predicted molar refractivity (Wildman–Crippen MR) is 82.1 cm³/mol. The van der Waals surface area contributed by atoms with E-state index in [4.69, 9.17) is 0 Å². The number of alkyl halides is 3. The molecule has 0 aliphatic heterocycles. The molecule has 0 saturated carbocycles. The van der Waals surface area contributed by atoms with Crippen molar-refractivity contribution in [2.24, 2.45) is 7.05 Å². The summed E-state index contributed by atoms with van der Waals surface area (Å²) in [6.45, 7) is 0.412. The molecule has 6 nitrogen and oxygen atoms in total. The normalized spacial score (nSPS) is 11.7. The summed E-state index contributed by atoms with van der Waals surface area (Å²) in [4.78, 5) is 1.82. The summed E-state index contributed by atoms with van der Waals surface area (Å²) in [6, 6.07) is 5.09. The van der Waals surface area contributed by atoms with Crippen LogP contribution in [0.15, 0.2) is 36.7 Å². The van der Waals surface area contributed by atoms with Gasteiger partial charge in [0.1, 0.15) is 0 Å². The monoisotopic (exact) mass is 336 g/mol. The Hall–Kier alpha value is -2.84. The number of aromatic amines is 1. The van der Waals surface area contributed by atoms with Gasteiger partial charge in [0.05, 0.1) is 17.3 Å². The molecule has 1 N–H and O–H groups in total. The van der Waals surface area contributed by atoms with E-state index >= 15 is 0 Å². The highest BCUT2D eigenvalue weighted by Crippen LogP contribution is 2.29. The first-order valence-corrected chi connectivity index (χ1v) is 7.12. The molecule has 0 aliphatic rings. The van der Waals surface area contributed by atoms with E-state index in [0.29, 0.717) is 18.3 Å². The zero-order valence-corrected chi connectivity index (χ0v) is 13.0. The van der Waals surface area contributed by atoms with Crippen molar-refractivity contribution < 1.29 is 13.2 Å². The number of hydrogen-bond acceptors (Lipinski definition) is 4. The molecule has 0 amide bonds. The van der Waals surface area contributed by atoms with Crippen LogP contribution in [-0.4, -0.2) is 32.0 Å². The van der Waals surface area contributed by atoms with E-state index in [1.165, 1.54) is 12.1 Å². The highest BCUT2D eigenvalue weighted by Gasteiger charge is 2.30. The lowest BCUT2D eigenvalue weighted by atomic mass is 10.1. The lowest BCUT2D eigenvalue weighted by Crippen LogP contribution is -2.20. The fourth-order valence-electron chi connectivity index (χ4n) is 2.42. The number of benzene rings is 1. The van der Waals surface area contributed by atoms with E-state index in [1.54, 1.807) is 24.0 Å². The number of aromatic nitrogens is 5. The Bertz CT molecular complexity index is 805. The predicted octanol–water partition coefficient (Wildman–Crippen LogP) is 2.86. The Kier molecular flexibility index (Phi) is 4.00. The second-order valence-electron chi connectivity index (χ2n) is 5.42. The van der Waals surface area contributed by atoms with Gasteiger partial charge in [0.2, 0.25) is 5.95 Å². The maximum absolute atomic E-state index is 12.6. The van der Waals surface area contributed by atoms with Crippen molar-refractivity contribution in [1.82, 2.24) is 25.0 Å². The number of H-pyrrole nitrogens is 1. The summed E-state index contributed by atoms with van der Waals surface area (Å²) < 4.78 is 39.6. The third-order valence-electron chi connectivity index (χ3n) is 3.65. The zero-order valence-electron chi connectivity index (χ0n) is 13.0. The van der Waals surface area contributed by atoms with E-state index in [2.05, 4.69) is 20.4 Å². The van der Waals surface area contributed by atoms with Crippen molar-refractivity contribution in [3.63, 3.8) is 0 Å². The van der Waals surface area contributed by atoms with Crippen LogP contribution in [0.2, 0.25) is 0 Å². The smallest absolute Gasteiger partial charge is 0.340 e. The van der Waals surface area contributed by atoms with Gasteiger partial charge in [-0.1, -0.05) is 12.1 Å². The highest BCUT2D eigenvalue weighted by atomic mass is 19.4. The Morgan fingerprint density at radius 3 is 2.46 bits per heavy atom. The second-order valence-corrected chi connectivity index (χ2v) is 5.42. The Morgan fingerprint density at radius 1 is 1.17 bits per heavy atom. The van der Waals surface area contributed by atoms with Crippen molar-refractivity contribution >= 4 is 5.95 Å². The minimum Gasteiger partial charge on any atom is -0.340 e. The van der Waals surface area contributed by atoms with Crippen LogP contribution in [0.1, 0.15) is 11.1 Å². The minimum atomic E-state index is -4.33. The molecule has 0 atom stereocenters. The number of anilines is 1. The summed E-state index contributed by atoms with van der Waals surface area (Å²) >= 11 is 0. The van der Waals surface area contributed by atoms with Crippen molar-refractivity contribution in [3.8, 4) is 11.4 Å². The van der Waals surface area contributed by atoms with Crippen LogP contribution in [0, 0.1) is 0 Å². The largest absolute Gasteiger partial charge is 0.416 e. The maximum Gasteiger partial charge on any atom is 0.416 e. The van der Waals surface area contributed by atoms with Gasteiger partial charge in [-0.15, -0.1) is 10.2 Å². The third-order valence-corrected chi connectivity index (χ3v) is 3.65. The fourth-order valence-corrected chi connectivity index (χ4v) is 2.42. The maximum atomic E-state index is 12.6. The standard InChI is InChI=1S/C15H15F3N6/c1-23(9-10-3-5-12(6-4-10)15(16,17)18)14-22-21-13(24(14)2)11-7-19-20-8-11/h3-8H,9H2,1-2H3,(H,19,20). The molecular weight excluding hydrogens is 321 g/mol. The number of nitrogens with one attached hydrogen (secondary N) is 1. The molecule has 0 bridgehead atoms. The first-order chi connectivity index (χ1) is 11.4. The summed E-state index contributed by atoms with van der Waals surface area (Å²) in [5, 5.41) is 14.9. The molecule has 3 rings (SSSR count). The van der Waals surface area contributed by atoms with Gasteiger partial charge >= 0.3 is 6.18 Å². The van der Waals surface area contributed by atoms with E-state index in [0.717, 1.165) is 23.3 Å². The molecule has 3 aromatic rings. The molecule has 1 aromatic carbocycles. The van der Waals surface area contributed by atoms with E-state index < -0.39 is 11.7 Å². The van der Waals surface area contributed by atoms with E-state index in [9.17, 15) is 13.2 Å². The van der Waals surface area contributed by atoms with Gasteiger partial charge in [-0.3, -0.25) is 9.67 Å². The number of rotatable bonds is 4. The highest BCUT2D eigenvalue weighted by molar-refractivity contribution is 5.55. The Balaban J connectivity index is 1.77. The van der Waals surface area contributed by atoms with Gasteiger partial charge in [0, 0.05) is 26.8 Å². The molecule has 0 spiro atoms. The quantitative estimate of drug-likeness (QED) is 0.796. The van der Waals surface area contributed by atoms with Gasteiger partial charge < -0.3 is 4.90 Å². The van der Waals surface area contributed by atoms with Crippen molar-refractivity contribution in [2.45, 2.75) is 12.7 Å². The number of halogens is 3. The second kappa shape index (κ2) is 5.99. The fraction of sp³-hybridized carbons (Fsp3) is 0.267. The first-order valence-electron chi connectivity index (χ1n) is 7.12. The van der Waals surface area contributed by atoms with Crippen LogP contribution < -0.4 is 4.90 Å². The topological polar surface area (TPSA) is 62.6 Å². The van der Waals surface area contributed by atoms with Crippen LogP contribution in [0.25, 0.3) is 11.4 Å². The molecule has 0 unspecified atom stereocenters. The molecule has 0 aliphatic carbocycles. The molecular formula is C15H15F3N6. The lowest BCUT2D eigenvalue weighted by molar-refractivity contribution is -0.137. The molecule has 2 heterocycles. The molecule has 0 radical (unpaired) electrons. The SMILES string of the molecule is CN(Cc1ccc(C(F)(F)F)cc1)c1nnc(-c2cn[nH]c2)n1C.